The highest BCUT2D eigenvalue weighted by molar-refractivity contribution is 5.43. The third kappa shape index (κ3) is 1.85. The van der Waals surface area contributed by atoms with Gasteiger partial charge in [-0.25, -0.2) is 0 Å². The number of hydrogen-bond acceptors (Lipinski definition) is 2. The number of ether oxygens (including phenoxy) is 1. The lowest BCUT2D eigenvalue weighted by Crippen LogP contribution is -2.50. The fourth-order valence-electron chi connectivity index (χ4n) is 8.16. The van der Waals surface area contributed by atoms with Gasteiger partial charge in [-0.15, -0.1) is 0 Å². The molecule has 136 valence electrons. The SMILES string of the molecule is COc1ccc2c(c1)C[C@@H](C)[C@@H]1[C@@H]2CC[C@]2(C)[C@H]([C@@H](C)O)C[C@H]3C[C@@]312. The van der Waals surface area contributed by atoms with Crippen molar-refractivity contribution in [3.8, 4) is 5.75 Å². The highest BCUT2D eigenvalue weighted by Gasteiger charge is 2.77. The molecule has 0 radical (unpaired) electrons. The van der Waals surface area contributed by atoms with Crippen LogP contribution in [0.4, 0.5) is 0 Å². The van der Waals surface area contributed by atoms with Gasteiger partial charge in [0, 0.05) is 0 Å². The van der Waals surface area contributed by atoms with Crippen molar-refractivity contribution >= 4 is 0 Å². The van der Waals surface area contributed by atoms with E-state index in [1.165, 1.54) is 37.7 Å². The van der Waals surface area contributed by atoms with Gasteiger partial charge < -0.3 is 9.84 Å². The second-order valence-corrected chi connectivity index (χ2v) is 9.86. The van der Waals surface area contributed by atoms with Gasteiger partial charge in [0.05, 0.1) is 13.2 Å². The van der Waals surface area contributed by atoms with Crippen LogP contribution in [-0.4, -0.2) is 18.3 Å². The molecule has 0 amide bonds. The van der Waals surface area contributed by atoms with Crippen molar-refractivity contribution in [1.82, 2.24) is 0 Å². The molecule has 0 aliphatic heterocycles. The molecule has 4 aliphatic carbocycles. The van der Waals surface area contributed by atoms with Gasteiger partial charge >= 0.3 is 0 Å². The Morgan fingerprint density at radius 3 is 2.84 bits per heavy atom. The van der Waals surface area contributed by atoms with Crippen molar-refractivity contribution in [3.63, 3.8) is 0 Å². The van der Waals surface area contributed by atoms with Crippen LogP contribution in [0.1, 0.15) is 63.5 Å². The molecule has 0 saturated heterocycles. The normalized spacial score (nSPS) is 48.0. The highest BCUT2D eigenvalue weighted by atomic mass is 16.5. The van der Waals surface area contributed by atoms with E-state index < -0.39 is 0 Å². The minimum atomic E-state index is -0.151. The Labute approximate surface area is 152 Å². The number of rotatable bonds is 2. The van der Waals surface area contributed by atoms with E-state index in [0.717, 1.165) is 29.4 Å². The molecular weight excluding hydrogens is 308 g/mol. The molecule has 3 saturated carbocycles. The summed E-state index contributed by atoms with van der Waals surface area (Å²) in [6, 6.07) is 6.80. The highest BCUT2D eigenvalue weighted by Crippen LogP contribution is 2.83. The average molecular weight is 341 g/mol. The molecule has 2 nitrogen and oxygen atoms in total. The maximum Gasteiger partial charge on any atom is 0.119 e. The van der Waals surface area contributed by atoms with Crippen LogP contribution in [0.2, 0.25) is 0 Å². The summed E-state index contributed by atoms with van der Waals surface area (Å²) in [7, 11) is 1.77. The van der Waals surface area contributed by atoms with E-state index in [1.54, 1.807) is 12.7 Å². The summed E-state index contributed by atoms with van der Waals surface area (Å²) in [4.78, 5) is 0. The van der Waals surface area contributed by atoms with Crippen molar-refractivity contribution < 1.29 is 9.84 Å². The van der Waals surface area contributed by atoms with E-state index >= 15 is 0 Å². The van der Waals surface area contributed by atoms with Crippen LogP contribution in [0.15, 0.2) is 18.2 Å². The smallest absolute Gasteiger partial charge is 0.119 e. The van der Waals surface area contributed by atoms with Gasteiger partial charge in [-0.2, -0.15) is 0 Å². The minimum Gasteiger partial charge on any atom is -0.497 e. The fourth-order valence-corrected chi connectivity index (χ4v) is 8.16. The molecule has 25 heavy (non-hydrogen) atoms. The third-order valence-corrected chi connectivity index (χ3v) is 9.06. The van der Waals surface area contributed by atoms with E-state index in [0.29, 0.717) is 16.7 Å². The van der Waals surface area contributed by atoms with E-state index in [2.05, 4.69) is 32.0 Å². The van der Waals surface area contributed by atoms with Crippen molar-refractivity contribution in [3.05, 3.63) is 29.3 Å². The molecule has 0 bridgehead atoms. The summed E-state index contributed by atoms with van der Waals surface area (Å²) in [5, 5.41) is 10.5. The van der Waals surface area contributed by atoms with Crippen molar-refractivity contribution in [2.75, 3.05) is 7.11 Å². The van der Waals surface area contributed by atoms with Gasteiger partial charge in [0.2, 0.25) is 0 Å². The first-order chi connectivity index (χ1) is 11.9. The summed E-state index contributed by atoms with van der Waals surface area (Å²) in [6.45, 7) is 7.06. The maximum atomic E-state index is 10.5. The first-order valence-corrected chi connectivity index (χ1v) is 10.3. The lowest BCUT2D eigenvalue weighted by molar-refractivity contribution is -0.0634. The molecule has 0 unspecified atom stereocenters. The molecule has 8 atom stereocenters. The first kappa shape index (κ1) is 16.2. The molecule has 2 heteroatoms. The van der Waals surface area contributed by atoms with Crippen LogP contribution >= 0.6 is 0 Å². The zero-order valence-electron chi connectivity index (χ0n) is 16.1. The monoisotopic (exact) mass is 340 g/mol. The van der Waals surface area contributed by atoms with Crippen molar-refractivity contribution in [2.45, 2.75) is 64.9 Å². The minimum absolute atomic E-state index is 0.151. The molecule has 0 heterocycles. The number of hydrogen-bond donors (Lipinski definition) is 1. The Kier molecular flexibility index (Phi) is 3.25. The Hall–Kier alpha value is -1.02. The molecule has 5 rings (SSSR count). The predicted molar refractivity (Wildman–Crippen MR) is 99.8 cm³/mol. The zero-order chi connectivity index (χ0) is 17.6. The number of fused-ring (bicyclic) bond motifs is 3. The number of aliphatic hydroxyl groups excluding tert-OH is 1. The molecule has 1 spiro atoms. The molecule has 4 aliphatic rings. The number of benzene rings is 1. The lowest BCUT2D eigenvalue weighted by atomic mass is 9.48. The van der Waals surface area contributed by atoms with Gasteiger partial charge in [0.15, 0.2) is 0 Å². The quantitative estimate of drug-likeness (QED) is 0.838. The Bertz CT molecular complexity index is 710. The summed E-state index contributed by atoms with van der Waals surface area (Å²) in [6.07, 6.45) is 6.31. The van der Waals surface area contributed by atoms with Gasteiger partial charge in [-0.1, -0.05) is 19.9 Å². The third-order valence-electron chi connectivity index (χ3n) is 9.06. The molecule has 1 aromatic carbocycles. The summed E-state index contributed by atoms with van der Waals surface area (Å²) < 4.78 is 5.48. The van der Waals surface area contributed by atoms with E-state index in [-0.39, 0.29) is 6.10 Å². The Morgan fingerprint density at radius 1 is 1.32 bits per heavy atom. The van der Waals surface area contributed by atoms with Gasteiger partial charge in [-0.3, -0.25) is 0 Å². The topological polar surface area (TPSA) is 29.5 Å². The largest absolute Gasteiger partial charge is 0.497 e. The Balaban J connectivity index is 1.57. The fraction of sp³-hybridized carbons (Fsp3) is 0.739. The second kappa shape index (κ2) is 5.03. The van der Waals surface area contributed by atoms with Crippen LogP contribution in [-0.2, 0) is 6.42 Å². The van der Waals surface area contributed by atoms with Gasteiger partial charge in [0.1, 0.15) is 5.75 Å². The number of aliphatic hydroxyl groups is 1. The lowest BCUT2D eigenvalue weighted by Gasteiger charge is -2.56. The zero-order valence-corrected chi connectivity index (χ0v) is 16.1. The summed E-state index contributed by atoms with van der Waals surface area (Å²) in [5.74, 6) is 4.64. The number of methoxy groups -OCH3 is 1. The van der Waals surface area contributed by atoms with Crippen molar-refractivity contribution in [1.29, 1.82) is 0 Å². The van der Waals surface area contributed by atoms with Crippen LogP contribution < -0.4 is 4.74 Å². The molecule has 1 N–H and O–H groups in total. The summed E-state index contributed by atoms with van der Waals surface area (Å²) >= 11 is 0. The molecule has 1 aromatic rings. The van der Waals surface area contributed by atoms with Crippen molar-refractivity contribution in [2.24, 2.45) is 34.5 Å². The molecule has 3 fully saturated rings. The van der Waals surface area contributed by atoms with E-state index in [4.69, 9.17) is 4.74 Å². The van der Waals surface area contributed by atoms with Crippen LogP contribution in [0.3, 0.4) is 0 Å². The van der Waals surface area contributed by atoms with Crippen LogP contribution in [0.5, 0.6) is 5.75 Å². The molecule has 0 aromatic heterocycles. The van der Waals surface area contributed by atoms with Crippen LogP contribution in [0.25, 0.3) is 0 Å². The summed E-state index contributed by atoms with van der Waals surface area (Å²) in [5.41, 5.74) is 3.99. The van der Waals surface area contributed by atoms with E-state index in [1.807, 2.05) is 6.92 Å². The van der Waals surface area contributed by atoms with Gasteiger partial charge in [0.25, 0.3) is 0 Å². The molecular formula is C23H32O2. The maximum absolute atomic E-state index is 10.5. The first-order valence-electron chi connectivity index (χ1n) is 10.3. The standard InChI is InChI=1S/C23H32O2/c1-13-9-15-10-17(25-4)5-6-18(15)19-7-8-22(3)20(14(2)24)11-16-12-23(16,22)21(13)19/h5-6,10,13-14,16,19-21,24H,7-9,11-12H2,1-4H3/t13-,14-,16+,19-,20+,21-,22-,23-/m1/s1. The second-order valence-electron chi connectivity index (χ2n) is 9.86. The predicted octanol–water partition coefficient (Wildman–Crippen LogP) is 4.79. The average Bonchev–Trinajstić information content (AvgIpc) is 3.23. The van der Waals surface area contributed by atoms with Crippen LogP contribution in [0, 0.1) is 34.5 Å². The Morgan fingerprint density at radius 2 is 2.12 bits per heavy atom. The van der Waals surface area contributed by atoms with E-state index in [9.17, 15) is 5.11 Å². The van der Waals surface area contributed by atoms with Gasteiger partial charge in [-0.05, 0) is 103 Å².